The van der Waals surface area contributed by atoms with Gasteiger partial charge in [0.1, 0.15) is 5.52 Å². The maximum absolute atomic E-state index is 12.8. The number of ether oxygens (including phenoxy) is 1. The highest BCUT2D eigenvalue weighted by Gasteiger charge is 2.47. The van der Waals surface area contributed by atoms with Gasteiger partial charge >= 0.3 is 5.69 Å². The molecule has 2 aliphatic rings. The van der Waals surface area contributed by atoms with Gasteiger partial charge < -0.3 is 9.64 Å². The van der Waals surface area contributed by atoms with E-state index >= 15 is 0 Å². The molecule has 4 aromatic rings. The second-order valence-corrected chi connectivity index (χ2v) is 10.9. The highest BCUT2D eigenvalue weighted by Crippen LogP contribution is 2.52. The molecule has 0 unspecified atom stereocenters. The van der Waals surface area contributed by atoms with Crippen molar-refractivity contribution in [1.29, 1.82) is 0 Å². The Morgan fingerprint density at radius 2 is 1.86 bits per heavy atom. The topological polar surface area (TPSA) is 78.1 Å². The van der Waals surface area contributed by atoms with Crippen LogP contribution < -0.4 is 5.69 Å². The predicted octanol–water partition coefficient (Wildman–Crippen LogP) is 4.49. The molecular formula is C28H34N6O2. The summed E-state index contributed by atoms with van der Waals surface area (Å²) in [7, 11) is 1.74. The van der Waals surface area contributed by atoms with Gasteiger partial charge in [-0.05, 0) is 75.8 Å². The van der Waals surface area contributed by atoms with Crippen LogP contribution in [0.2, 0.25) is 0 Å². The van der Waals surface area contributed by atoms with Crippen molar-refractivity contribution in [2.24, 2.45) is 12.5 Å². The van der Waals surface area contributed by atoms with Crippen molar-refractivity contribution in [2.75, 3.05) is 26.2 Å². The van der Waals surface area contributed by atoms with Crippen molar-refractivity contribution in [3.8, 4) is 11.1 Å². The summed E-state index contributed by atoms with van der Waals surface area (Å²) in [6, 6.07) is 10.2. The van der Waals surface area contributed by atoms with Crippen LogP contribution in [-0.2, 0) is 11.8 Å². The number of hydrogen-bond donors (Lipinski definition) is 0. The van der Waals surface area contributed by atoms with E-state index in [9.17, 15) is 4.79 Å². The summed E-state index contributed by atoms with van der Waals surface area (Å²) < 4.78 is 9.49. The first kappa shape index (κ1) is 23.3. The zero-order chi connectivity index (χ0) is 25.0. The number of aromatic nitrogens is 5. The molecule has 0 amide bonds. The third kappa shape index (κ3) is 4.02. The number of nitrogens with zero attached hydrogens (tertiary/aromatic N) is 6. The number of imidazole rings is 1. The first-order valence-electron chi connectivity index (χ1n) is 13.0. The molecule has 0 N–H and O–H groups in total. The first-order valence-corrected chi connectivity index (χ1v) is 13.0. The molecule has 1 spiro atoms. The smallest absolute Gasteiger partial charge is 0.330 e. The molecule has 4 heterocycles. The number of hydrogen-bond acceptors (Lipinski definition) is 6. The minimum Gasteiger partial charge on any atom is -0.371 e. The summed E-state index contributed by atoms with van der Waals surface area (Å²) >= 11 is 0. The van der Waals surface area contributed by atoms with Crippen LogP contribution in [0.3, 0.4) is 0 Å². The summed E-state index contributed by atoms with van der Waals surface area (Å²) in [6.45, 7) is 10.3. The minimum absolute atomic E-state index is 0.0139. The van der Waals surface area contributed by atoms with Crippen LogP contribution in [0.5, 0.6) is 0 Å². The Kier molecular flexibility index (Phi) is 5.68. The molecule has 0 bridgehead atoms. The van der Waals surface area contributed by atoms with Crippen LogP contribution >= 0.6 is 0 Å². The van der Waals surface area contributed by atoms with E-state index in [1.54, 1.807) is 16.2 Å². The molecule has 1 saturated carbocycles. The Morgan fingerprint density at radius 1 is 1.06 bits per heavy atom. The Hall–Kier alpha value is -3.10. The molecule has 1 atom stereocenters. The molecule has 6 rings (SSSR count). The van der Waals surface area contributed by atoms with Gasteiger partial charge in [0, 0.05) is 43.3 Å². The summed E-state index contributed by atoms with van der Waals surface area (Å²) in [4.78, 5) is 20.1. The number of benzene rings is 1. The van der Waals surface area contributed by atoms with Crippen LogP contribution in [0.1, 0.15) is 57.9 Å². The maximum Gasteiger partial charge on any atom is 0.330 e. The molecule has 1 saturated heterocycles. The number of likely N-dealkylation sites (tertiary alicyclic amines) is 1. The first-order chi connectivity index (χ1) is 17.3. The molecule has 1 aromatic carbocycles. The second kappa shape index (κ2) is 8.78. The van der Waals surface area contributed by atoms with E-state index in [0.29, 0.717) is 11.1 Å². The molecule has 1 aliphatic carbocycles. The molecule has 2 fully saturated rings. The van der Waals surface area contributed by atoms with Crippen molar-refractivity contribution in [2.45, 2.75) is 52.2 Å². The van der Waals surface area contributed by atoms with Gasteiger partial charge in [-0.1, -0.05) is 12.1 Å². The number of fused-ring (bicyclic) bond motifs is 3. The van der Waals surface area contributed by atoms with Gasteiger partial charge in [0.15, 0.2) is 5.65 Å². The molecule has 8 nitrogen and oxygen atoms in total. The molecule has 36 heavy (non-hydrogen) atoms. The Morgan fingerprint density at radius 3 is 2.56 bits per heavy atom. The van der Waals surface area contributed by atoms with E-state index in [0.717, 1.165) is 46.4 Å². The fraction of sp³-hybridized carbons (Fsp3) is 0.500. The van der Waals surface area contributed by atoms with Crippen molar-refractivity contribution in [1.82, 2.24) is 29.2 Å². The molecule has 188 valence electrons. The lowest BCUT2D eigenvalue weighted by molar-refractivity contribution is 0.0485. The number of rotatable bonds is 7. The van der Waals surface area contributed by atoms with Crippen LogP contribution in [0.4, 0.5) is 0 Å². The fourth-order valence-corrected chi connectivity index (χ4v) is 5.62. The van der Waals surface area contributed by atoms with E-state index in [4.69, 9.17) is 9.72 Å². The van der Waals surface area contributed by atoms with Crippen LogP contribution in [0.15, 0.2) is 41.3 Å². The summed E-state index contributed by atoms with van der Waals surface area (Å²) in [5.41, 5.74) is 5.74. The van der Waals surface area contributed by atoms with Gasteiger partial charge in [0.25, 0.3) is 0 Å². The summed E-state index contributed by atoms with van der Waals surface area (Å²) in [5.74, 6) is 0. The van der Waals surface area contributed by atoms with Crippen molar-refractivity contribution >= 4 is 22.1 Å². The zero-order valence-corrected chi connectivity index (χ0v) is 21.6. The Bertz CT molecular complexity index is 1480. The highest BCUT2D eigenvalue weighted by atomic mass is 16.5. The second-order valence-electron chi connectivity index (χ2n) is 10.9. The third-order valence-electron chi connectivity index (χ3n) is 8.07. The number of pyridine rings is 1. The zero-order valence-electron chi connectivity index (χ0n) is 21.6. The fourth-order valence-electron chi connectivity index (χ4n) is 5.62. The van der Waals surface area contributed by atoms with E-state index in [2.05, 4.69) is 34.2 Å². The molecular weight excluding hydrogens is 452 g/mol. The van der Waals surface area contributed by atoms with Crippen molar-refractivity contribution < 1.29 is 4.74 Å². The van der Waals surface area contributed by atoms with Gasteiger partial charge in [-0.15, -0.1) is 10.2 Å². The SMILES string of the molecule is CC(C)n1c(=O)n(C)c2nnc3ccc(-c4ccc([C@@H](C)OCCN5CCC6(CC6)C5)nc4)cc3c21. The van der Waals surface area contributed by atoms with Gasteiger partial charge in [-0.3, -0.25) is 14.1 Å². The molecule has 0 radical (unpaired) electrons. The monoisotopic (exact) mass is 486 g/mol. The van der Waals surface area contributed by atoms with E-state index in [1.165, 1.54) is 32.4 Å². The summed E-state index contributed by atoms with van der Waals surface area (Å²) in [5, 5.41) is 9.61. The van der Waals surface area contributed by atoms with Crippen LogP contribution in [-0.4, -0.2) is 55.5 Å². The Labute approximate surface area is 210 Å². The quantitative estimate of drug-likeness (QED) is 0.383. The predicted molar refractivity (Wildman–Crippen MR) is 141 cm³/mol. The van der Waals surface area contributed by atoms with E-state index in [1.807, 2.05) is 38.2 Å². The van der Waals surface area contributed by atoms with Gasteiger partial charge in [0.2, 0.25) is 0 Å². The van der Waals surface area contributed by atoms with Crippen molar-refractivity contribution in [3.05, 3.63) is 52.7 Å². The Balaban J connectivity index is 1.21. The van der Waals surface area contributed by atoms with Gasteiger partial charge in [-0.25, -0.2) is 4.79 Å². The highest BCUT2D eigenvalue weighted by molar-refractivity contribution is 6.02. The lowest BCUT2D eigenvalue weighted by Crippen LogP contribution is -2.26. The largest absolute Gasteiger partial charge is 0.371 e. The lowest BCUT2D eigenvalue weighted by Gasteiger charge is -2.18. The lowest BCUT2D eigenvalue weighted by atomic mass is 10.0. The normalized spacial score (nSPS) is 18.1. The van der Waals surface area contributed by atoms with E-state index < -0.39 is 0 Å². The van der Waals surface area contributed by atoms with Gasteiger partial charge in [-0.2, -0.15) is 0 Å². The number of aryl methyl sites for hydroxylation is 1. The molecule has 1 aliphatic heterocycles. The van der Waals surface area contributed by atoms with Gasteiger partial charge in [0.05, 0.1) is 23.9 Å². The van der Waals surface area contributed by atoms with Crippen LogP contribution in [0, 0.1) is 5.41 Å². The maximum atomic E-state index is 12.8. The van der Waals surface area contributed by atoms with Crippen LogP contribution in [0.25, 0.3) is 33.2 Å². The average molecular weight is 487 g/mol. The molecule has 3 aromatic heterocycles. The third-order valence-corrected chi connectivity index (χ3v) is 8.07. The minimum atomic E-state index is -0.0796. The average Bonchev–Trinajstić information content (AvgIpc) is 3.44. The van der Waals surface area contributed by atoms with Crippen molar-refractivity contribution in [3.63, 3.8) is 0 Å². The summed E-state index contributed by atoms with van der Waals surface area (Å²) in [6.07, 6.45) is 6.04. The van der Waals surface area contributed by atoms with E-state index in [-0.39, 0.29) is 17.8 Å². The standard InChI is InChI=1S/C28H34N6O2/c1-18(2)34-25-22-15-20(5-8-24(22)30-31-26(25)32(4)27(34)35)21-6-7-23(29-16-21)19(3)36-14-13-33-12-11-28(17-33)9-10-28/h5-8,15-16,18-19H,9-14,17H2,1-4H3/t19-/m1/s1. The molecule has 8 heteroatoms.